The van der Waals surface area contributed by atoms with E-state index in [0.717, 1.165) is 0 Å². The lowest BCUT2D eigenvalue weighted by Crippen LogP contribution is -2.40. The number of rotatable bonds is 7. The Kier molecular flexibility index (Phi) is 7.90. The SMILES string of the molecule is O=C(COC(=O)Cc1ccc(Cl)c(Cl)c1)Nc1cccc(S(=O)(=O)N2CCOCC2)c1. The van der Waals surface area contributed by atoms with Crippen LogP contribution < -0.4 is 5.32 Å². The van der Waals surface area contributed by atoms with Crippen molar-refractivity contribution in [3.8, 4) is 0 Å². The molecule has 166 valence electrons. The molecule has 0 unspecified atom stereocenters. The second-order valence-corrected chi connectivity index (χ2v) is 9.43. The summed E-state index contributed by atoms with van der Waals surface area (Å²) < 4.78 is 37.0. The van der Waals surface area contributed by atoms with Crippen LogP contribution in [0.2, 0.25) is 10.0 Å². The predicted molar refractivity (Wildman–Crippen MR) is 116 cm³/mol. The largest absolute Gasteiger partial charge is 0.455 e. The molecule has 2 aromatic carbocycles. The number of morpholine rings is 1. The van der Waals surface area contributed by atoms with Crippen molar-refractivity contribution >= 4 is 50.8 Å². The number of sulfonamides is 1. The summed E-state index contributed by atoms with van der Waals surface area (Å²) in [4.78, 5) is 24.1. The first-order valence-electron chi connectivity index (χ1n) is 9.33. The van der Waals surface area contributed by atoms with Crippen molar-refractivity contribution in [3.63, 3.8) is 0 Å². The molecule has 31 heavy (non-hydrogen) atoms. The number of esters is 1. The maximum Gasteiger partial charge on any atom is 0.310 e. The van der Waals surface area contributed by atoms with Crippen LogP contribution in [0, 0.1) is 0 Å². The highest BCUT2D eigenvalue weighted by molar-refractivity contribution is 7.89. The van der Waals surface area contributed by atoms with Gasteiger partial charge in [0.2, 0.25) is 10.0 Å². The van der Waals surface area contributed by atoms with Crippen molar-refractivity contribution in [2.24, 2.45) is 0 Å². The zero-order chi connectivity index (χ0) is 22.4. The van der Waals surface area contributed by atoms with E-state index in [-0.39, 0.29) is 30.1 Å². The van der Waals surface area contributed by atoms with Crippen LogP contribution >= 0.6 is 23.2 Å². The summed E-state index contributed by atoms with van der Waals surface area (Å²) in [5.74, 6) is -1.21. The van der Waals surface area contributed by atoms with Crippen molar-refractivity contribution in [2.45, 2.75) is 11.3 Å². The van der Waals surface area contributed by atoms with Gasteiger partial charge < -0.3 is 14.8 Å². The van der Waals surface area contributed by atoms with E-state index in [0.29, 0.717) is 28.8 Å². The Morgan fingerprint density at radius 2 is 1.81 bits per heavy atom. The molecule has 1 N–H and O–H groups in total. The lowest BCUT2D eigenvalue weighted by atomic mass is 10.1. The second-order valence-electron chi connectivity index (χ2n) is 6.68. The molecular weight excluding hydrogens is 467 g/mol. The van der Waals surface area contributed by atoms with Crippen LogP contribution in [0.5, 0.6) is 0 Å². The van der Waals surface area contributed by atoms with E-state index in [9.17, 15) is 18.0 Å². The molecule has 0 saturated carbocycles. The number of anilines is 1. The third-order valence-corrected chi connectivity index (χ3v) is 7.06. The topological polar surface area (TPSA) is 102 Å². The molecular formula is C20H20Cl2N2O6S. The van der Waals surface area contributed by atoms with Crippen LogP contribution in [0.25, 0.3) is 0 Å². The fourth-order valence-corrected chi connectivity index (χ4v) is 4.66. The predicted octanol–water partition coefficient (Wildman–Crippen LogP) is 2.74. The fraction of sp³-hybridized carbons (Fsp3) is 0.300. The molecule has 0 spiro atoms. The van der Waals surface area contributed by atoms with Crippen LogP contribution in [0.4, 0.5) is 5.69 Å². The van der Waals surface area contributed by atoms with Gasteiger partial charge in [-0.1, -0.05) is 35.3 Å². The number of carbonyl (C=O) groups excluding carboxylic acids is 2. The molecule has 1 aliphatic rings. The molecule has 1 fully saturated rings. The molecule has 0 radical (unpaired) electrons. The summed E-state index contributed by atoms with van der Waals surface area (Å²) in [7, 11) is -3.69. The first kappa shape index (κ1) is 23.5. The number of ether oxygens (including phenoxy) is 2. The second kappa shape index (κ2) is 10.4. The molecule has 3 rings (SSSR count). The van der Waals surface area contributed by atoms with Crippen LogP contribution in [0.15, 0.2) is 47.4 Å². The molecule has 0 bridgehead atoms. The normalized spacial score (nSPS) is 14.8. The van der Waals surface area contributed by atoms with E-state index < -0.39 is 28.5 Å². The Morgan fingerprint density at radius 1 is 1.06 bits per heavy atom. The van der Waals surface area contributed by atoms with Gasteiger partial charge in [-0.05, 0) is 35.9 Å². The molecule has 0 aromatic heterocycles. The number of hydrogen-bond acceptors (Lipinski definition) is 6. The molecule has 1 heterocycles. The highest BCUT2D eigenvalue weighted by Gasteiger charge is 2.26. The number of benzene rings is 2. The molecule has 1 amide bonds. The molecule has 8 nitrogen and oxygen atoms in total. The van der Waals surface area contributed by atoms with E-state index in [2.05, 4.69) is 5.32 Å². The highest BCUT2D eigenvalue weighted by atomic mass is 35.5. The van der Waals surface area contributed by atoms with Gasteiger partial charge in [-0.2, -0.15) is 4.31 Å². The standard InChI is InChI=1S/C20H20Cl2N2O6S/c21-17-5-4-14(10-18(17)22)11-20(26)30-13-19(25)23-15-2-1-3-16(12-15)31(27,28)24-6-8-29-9-7-24/h1-5,10,12H,6-9,11,13H2,(H,23,25). The van der Waals surface area contributed by atoms with Gasteiger partial charge in [0.25, 0.3) is 5.91 Å². The minimum Gasteiger partial charge on any atom is -0.455 e. The summed E-state index contributed by atoms with van der Waals surface area (Å²) in [6.07, 6.45) is -0.0720. The van der Waals surface area contributed by atoms with Crippen molar-refractivity contribution in [1.29, 1.82) is 0 Å². The van der Waals surface area contributed by atoms with E-state index in [1.165, 1.54) is 22.5 Å². The number of amides is 1. The number of nitrogens with one attached hydrogen (secondary N) is 1. The fourth-order valence-electron chi connectivity index (χ4n) is 2.88. The average Bonchev–Trinajstić information content (AvgIpc) is 2.76. The lowest BCUT2D eigenvalue weighted by Gasteiger charge is -2.26. The maximum absolute atomic E-state index is 12.7. The molecule has 0 aliphatic carbocycles. The van der Waals surface area contributed by atoms with Gasteiger partial charge in [0.05, 0.1) is 34.6 Å². The molecule has 0 atom stereocenters. The zero-order valence-electron chi connectivity index (χ0n) is 16.3. The van der Waals surface area contributed by atoms with E-state index in [4.69, 9.17) is 32.7 Å². The Labute approximate surface area is 190 Å². The number of hydrogen-bond donors (Lipinski definition) is 1. The van der Waals surface area contributed by atoms with E-state index in [1.54, 1.807) is 24.3 Å². The lowest BCUT2D eigenvalue weighted by molar-refractivity contribution is -0.146. The van der Waals surface area contributed by atoms with Gasteiger partial charge in [0.1, 0.15) is 0 Å². The quantitative estimate of drug-likeness (QED) is 0.603. The van der Waals surface area contributed by atoms with Crippen molar-refractivity contribution < 1.29 is 27.5 Å². The maximum atomic E-state index is 12.7. The number of halogens is 2. The summed E-state index contributed by atoms with van der Waals surface area (Å²) in [5, 5.41) is 3.22. The number of nitrogens with zero attached hydrogens (tertiary/aromatic N) is 1. The summed E-state index contributed by atoms with van der Waals surface area (Å²) in [5.41, 5.74) is 0.876. The summed E-state index contributed by atoms with van der Waals surface area (Å²) in [6, 6.07) is 10.6. The molecule has 2 aromatic rings. The monoisotopic (exact) mass is 486 g/mol. The van der Waals surface area contributed by atoms with Crippen LogP contribution in [0.3, 0.4) is 0 Å². The number of carbonyl (C=O) groups is 2. The van der Waals surface area contributed by atoms with E-state index in [1.807, 2.05) is 0 Å². The van der Waals surface area contributed by atoms with Crippen molar-refractivity contribution in [1.82, 2.24) is 4.31 Å². The third kappa shape index (κ3) is 6.41. The minimum absolute atomic E-state index is 0.0591. The van der Waals surface area contributed by atoms with Gasteiger partial charge in [-0.3, -0.25) is 9.59 Å². The first-order chi connectivity index (χ1) is 14.8. The Bertz CT molecular complexity index is 1070. The third-order valence-electron chi connectivity index (χ3n) is 4.42. The van der Waals surface area contributed by atoms with Crippen LogP contribution in [-0.2, 0) is 35.5 Å². The summed E-state index contributed by atoms with van der Waals surface area (Å²) in [6.45, 7) is 0.703. The van der Waals surface area contributed by atoms with Gasteiger partial charge in [-0.15, -0.1) is 0 Å². The van der Waals surface area contributed by atoms with Crippen molar-refractivity contribution in [3.05, 3.63) is 58.1 Å². The Balaban J connectivity index is 1.55. The summed E-state index contributed by atoms with van der Waals surface area (Å²) >= 11 is 11.7. The van der Waals surface area contributed by atoms with Gasteiger partial charge >= 0.3 is 5.97 Å². The first-order valence-corrected chi connectivity index (χ1v) is 11.5. The molecule has 1 saturated heterocycles. The molecule has 1 aliphatic heterocycles. The zero-order valence-corrected chi connectivity index (χ0v) is 18.7. The highest BCUT2D eigenvalue weighted by Crippen LogP contribution is 2.23. The van der Waals surface area contributed by atoms with Crippen molar-refractivity contribution in [2.75, 3.05) is 38.2 Å². The van der Waals surface area contributed by atoms with Gasteiger partial charge in [0, 0.05) is 18.8 Å². The van der Waals surface area contributed by atoms with Crippen LogP contribution in [-0.4, -0.2) is 57.5 Å². The Hall–Kier alpha value is -2.17. The average molecular weight is 487 g/mol. The minimum atomic E-state index is -3.69. The Morgan fingerprint density at radius 3 is 2.52 bits per heavy atom. The van der Waals surface area contributed by atoms with Gasteiger partial charge in [0.15, 0.2) is 6.61 Å². The van der Waals surface area contributed by atoms with E-state index >= 15 is 0 Å². The van der Waals surface area contributed by atoms with Crippen LogP contribution in [0.1, 0.15) is 5.56 Å². The van der Waals surface area contributed by atoms with Gasteiger partial charge in [-0.25, -0.2) is 8.42 Å². The smallest absolute Gasteiger partial charge is 0.310 e. The molecule has 11 heteroatoms.